The summed E-state index contributed by atoms with van der Waals surface area (Å²) in [5, 5.41) is 3.15. The molecule has 0 radical (unpaired) electrons. The molecule has 1 aromatic heterocycles. The molecular formula is C15H20N4OS. The molecule has 2 aromatic rings. The van der Waals surface area contributed by atoms with Crippen molar-refractivity contribution in [3.63, 3.8) is 0 Å². The fraction of sp³-hybridized carbons (Fsp3) is 0.400. The summed E-state index contributed by atoms with van der Waals surface area (Å²) in [6.45, 7) is 4.99. The van der Waals surface area contributed by atoms with E-state index >= 15 is 0 Å². The number of ether oxygens (including phenoxy) is 1. The van der Waals surface area contributed by atoms with E-state index in [1.165, 1.54) is 5.56 Å². The minimum atomic E-state index is 0.803. The Morgan fingerprint density at radius 3 is 2.71 bits per heavy atom. The number of anilines is 2. The molecule has 1 aliphatic heterocycles. The van der Waals surface area contributed by atoms with Crippen molar-refractivity contribution in [2.24, 2.45) is 0 Å². The van der Waals surface area contributed by atoms with Crippen LogP contribution in [0.2, 0.25) is 0 Å². The molecular weight excluding hydrogens is 284 g/mol. The molecule has 5 nitrogen and oxygen atoms in total. The van der Waals surface area contributed by atoms with E-state index in [-0.39, 0.29) is 0 Å². The first-order chi connectivity index (χ1) is 10.3. The number of hydrogen-bond acceptors (Lipinski definition) is 6. The van der Waals surface area contributed by atoms with Gasteiger partial charge in [-0.2, -0.15) is 0 Å². The van der Waals surface area contributed by atoms with Crippen molar-refractivity contribution in [2.45, 2.75) is 6.54 Å². The van der Waals surface area contributed by atoms with Crippen LogP contribution in [0.3, 0.4) is 0 Å². The number of nitrogen functional groups attached to an aromatic ring is 1. The van der Waals surface area contributed by atoms with Crippen molar-refractivity contribution in [3.05, 3.63) is 35.3 Å². The average molecular weight is 304 g/mol. The van der Waals surface area contributed by atoms with Gasteiger partial charge in [-0.1, -0.05) is 6.07 Å². The molecule has 0 aliphatic carbocycles. The summed E-state index contributed by atoms with van der Waals surface area (Å²) in [4.78, 5) is 9.15. The first kappa shape index (κ1) is 14.2. The van der Waals surface area contributed by atoms with Crippen LogP contribution in [0.5, 0.6) is 5.75 Å². The molecule has 1 aliphatic rings. The minimum Gasteiger partial charge on any atom is -0.497 e. The SMILES string of the molecule is COc1ccc(CN2CCN(c3nccs3)CC2)c(N)c1. The summed E-state index contributed by atoms with van der Waals surface area (Å²) in [6, 6.07) is 5.92. The van der Waals surface area contributed by atoms with Crippen molar-refractivity contribution < 1.29 is 4.74 Å². The van der Waals surface area contributed by atoms with Crippen LogP contribution >= 0.6 is 11.3 Å². The van der Waals surface area contributed by atoms with Gasteiger partial charge in [-0.25, -0.2) is 4.98 Å². The Morgan fingerprint density at radius 2 is 2.10 bits per heavy atom. The maximum Gasteiger partial charge on any atom is 0.185 e. The lowest BCUT2D eigenvalue weighted by Crippen LogP contribution is -2.46. The van der Waals surface area contributed by atoms with Crippen molar-refractivity contribution in [3.8, 4) is 5.75 Å². The molecule has 2 heterocycles. The number of nitrogens with two attached hydrogens (primary N) is 1. The Kier molecular flexibility index (Phi) is 4.26. The van der Waals surface area contributed by atoms with Crippen molar-refractivity contribution in [1.29, 1.82) is 0 Å². The summed E-state index contributed by atoms with van der Waals surface area (Å²) in [6.07, 6.45) is 1.87. The van der Waals surface area contributed by atoms with E-state index in [9.17, 15) is 0 Å². The largest absolute Gasteiger partial charge is 0.497 e. The Balaban J connectivity index is 1.58. The summed E-state index contributed by atoms with van der Waals surface area (Å²) in [5.74, 6) is 0.810. The number of aromatic nitrogens is 1. The number of hydrogen-bond donors (Lipinski definition) is 1. The van der Waals surface area contributed by atoms with E-state index in [2.05, 4.69) is 20.9 Å². The van der Waals surface area contributed by atoms with Crippen molar-refractivity contribution in [1.82, 2.24) is 9.88 Å². The Hall–Kier alpha value is -1.79. The third-order valence-corrected chi connectivity index (χ3v) is 4.64. The van der Waals surface area contributed by atoms with E-state index in [1.54, 1.807) is 18.4 Å². The Morgan fingerprint density at radius 1 is 1.29 bits per heavy atom. The van der Waals surface area contributed by atoms with Crippen LogP contribution < -0.4 is 15.4 Å². The molecule has 3 rings (SSSR count). The van der Waals surface area contributed by atoms with Crippen molar-refractivity contribution in [2.75, 3.05) is 43.9 Å². The monoisotopic (exact) mass is 304 g/mol. The normalized spacial score (nSPS) is 16.1. The van der Waals surface area contributed by atoms with Crippen LogP contribution in [0, 0.1) is 0 Å². The molecule has 1 fully saturated rings. The number of thiazole rings is 1. The Bertz CT molecular complexity index is 579. The third kappa shape index (κ3) is 3.28. The van der Waals surface area contributed by atoms with Gasteiger partial charge >= 0.3 is 0 Å². The first-order valence-electron chi connectivity index (χ1n) is 7.05. The van der Waals surface area contributed by atoms with Crippen LogP contribution in [-0.4, -0.2) is 43.2 Å². The maximum absolute atomic E-state index is 6.09. The van der Waals surface area contributed by atoms with Gasteiger partial charge in [0.05, 0.1) is 7.11 Å². The molecule has 2 N–H and O–H groups in total. The van der Waals surface area contributed by atoms with E-state index in [1.807, 2.05) is 23.7 Å². The number of nitrogens with zero attached hydrogens (tertiary/aromatic N) is 3. The molecule has 0 spiro atoms. The molecule has 1 saturated heterocycles. The molecule has 21 heavy (non-hydrogen) atoms. The smallest absolute Gasteiger partial charge is 0.185 e. The highest BCUT2D eigenvalue weighted by Crippen LogP contribution is 2.23. The minimum absolute atomic E-state index is 0.803. The lowest BCUT2D eigenvalue weighted by molar-refractivity contribution is 0.250. The maximum atomic E-state index is 6.09. The molecule has 0 unspecified atom stereocenters. The van der Waals surface area contributed by atoms with Gasteiger partial charge in [-0.05, 0) is 11.6 Å². The quantitative estimate of drug-likeness (QED) is 0.876. The standard InChI is InChI=1S/C15H20N4OS/c1-20-13-3-2-12(14(16)10-13)11-18-5-7-19(8-6-18)15-17-4-9-21-15/h2-4,9-10H,5-8,11,16H2,1H3. The van der Waals surface area contributed by atoms with E-state index in [0.29, 0.717) is 0 Å². The second-order valence-corrected chi connectivity index (χ2v) is 6.02. The van der Waals surface area contributed by atoms with Gasteiger partial charge in [0.15, 0.2) is 5.13 Å². The zero-order valence-electron chi connectivity index (χ0n) is 12.2. The number of rotatable bonds is 4. The highest BCUT2D eigenvalue weighted by Gasteiger charge is 2.19. The van der Waals surface area contributed by atoms with Gasteiger partial charge in [0.25, 0.3) is 0 Å². The lowest BCUT2D eigenvalue weighted by Gasteiger charge is -2.34. The fourth-order valence-corrected chi connectivity index (χ4v) is 3.25. The first-order valence-corrected chi connectivity index (χ1v) is 7.93. The molecule has 0 amide bonds. The van der Waals surface area contributed by atoms with Gasteiger partial charge < -0.3 is 15.4 Å². The Labute approximate surface area is 129 Å². The number of piperazine rings is 1. The third-order valence-electron chi connectivity index (χ3n) is 3.81. The van der Waals surface area contributed by atoms with E-state index in [0.717, 1.165) is 49.3 Å². The summed E-state index contributed by atoms with van der Waals surface area (Å²) in [5.41, 5.74) is 8.06. The molecule has 0 saturated carbocycles. The van der Waals surface area contributed by atoms with Gasteiger partial charge in [0, 0.05) is 56.1 Å². The van der Waals surface area contributed by atoms with Crippen LogP contribution in [0.4, 0.5) is 10.8 Å². The predicted octanol–water partition coefficient (Wildman–Crippen LogP) is 2.06. The number of benzene rings is 1. The highest BCUT2D eigenvalue weighted by atomic mass is 32.1. The van der Waals surface area contributed by atoms with E-state index < -0.39 is 0 Å². The lowest BCUT2D eigenvalue weighted by atomic mass is 10.1. The predicted molar refractivity (Wildman–Crippen MR) is 87.0 cm³/mol. The zero-order valence-corrected chi connectivity index (χ0v) is 13.0. The molecule has 1 aromatic carbocycles. The second kappa shape index (κ2) is 6.32. The van der Waals surface area contributed by atoms with Gasteiger partial charge in [0.2, 0.25) is 0 Å². The molecule has 112 valence electrons. The molecule has 0 atom stereocenters. The molecule has 0 bridgehead atoms. The van der Waals surface area contributed by atoms with Crippen molar-refractivity contribution >= 4 is 22.2 Å². The number of methoxy groups -OCH3 is 1. The zero-order chi connectivity index (χ0) is 14.7. The van der Waals surface area contributed by atoms with E-state index in [4.69, 9.17) is 10.5 Å². The van der Waals surface area contributed by atoms with Gasteiger partial charge in [-0.15, -0.1) is 11.3 Å². The van der Waals surface area contributed by atoms with Crippen LogP contribution in [-0.2, 0) is 6.54 Å². The topological polar surface area (TPSA) is 54.6 Å². The average Bonchev–Trinajstić information content (AvgIpc) is 3.04. The summed E-state index contributed by atoms with van der Waals surface area (Å²) >= 11 is 1.70. The second-order valence-electron chi connectivity index (χ2n) is 5.14. The summed E-state index contributed by atoms with van der Waals surface area (Å²) in [7, 11) is 1.66. The highest BCUT2D eigenvalue weighted by molar-refractivity contribution is 7.13. The molecule has 6 heteroatoms. The van der Waals surface area contributed by atoms with Crippen LogP contribution in [0.1, 0.15) is 5.56 Å². The fourth-order valence-electron chi connectivity index (χ4n) is 2.55. The van der Waals surface area contributed by atoms with Crippen LogP contribution in [0.15, 0.2) is 29.8 Å². The summed E-state index contributed by atoms with van der Waals surface area (Å²) < 4.78 is 5.19. The van der Waals surface area contributed by atoms with Gasteiger partial charge in [0.1, 0.15) is 5.75 Å². The van der Waals surface area contributed by atoms with Crippen LogP contribution in [0.25, 0.3) is 0 Å². The van der Waals surface area contributed by atoms with Gasteiger partial charge in [-0.3, -0.25) is 4.90 Å².